The maximum Gasteiger partial charge on any atom is 0.251 e. The molecule has 3 N–H and O–H groups in total. The number of quaternary nitrogens is 1. The van der Waals surface area contributed by atoms with Gasteiger partial charge in [-0.05, 0) is 42.5 Å². The smallest absolute Gasteiger partial charge is 0.251 e. The first kappa shape index (κ1) is 20.3. The van der Waals surface area contributed by atoms with Crippen molar-refractivity contribution in [3.8, 4) is 0 Å². The molecular formula is C19H23ClN3O2S+. The number of likely N-dealkylation sites (N-methyl/N-ethyl adjacent to an activating group) is 1. The summed E-state index contributed by atoms with van der Waals surface area (Å²) in [6, 6.07) is 12.8. The Morgan fingerprint density at radius 3 is 2.42 bits per heavy atom. The summed E-state index contributed by atoms with van der Waals surface area (Å²) >= 11 is 7.42. The maximum atomic E-state index is 12.3. The van der Waals surface area contributed by atoms with Crippen LogP contribution in [0.2, 0.25) is 5.02 Å². The molecule has 0 atom stereocenters. The van der Waals surface area contributed by atoms with E-state index in [4.69, 9.17) is 11.6 Å². The minimum atomic E-state index is -0.184. The quantitative estimate of drug-likeness (QED) is 0.677. The molecule has 0 aliphatic heterocycles. The maximum absolute atomic E-state index is 12.3. The molecular weight excluding hydrogens is 370 g/mol. The van der Waals surface area contributed by atoms with Gasteiger partial charge < -0.3 is 15.5 Å². The van der Waals surface area contributed by atoms with E-state index in [0.717, 1.165) is 16.3 Å². The fourth-order valence-electron chi connectivity index (χ4n) is 2.21. The first-order valence-electron chi connectivity index (χ1n) is 8.27. The van der Waals surface area contributed by atoms with Crippen molar-refractivity contribution in [2.75, 3.05) is 32.5 Å². The van der Waals surface area contributed by atoms with E-state index >= 15 is 0 Å². The number of carbonyl (C=O) groups is 2. The Morgan fingerprint density at radius 2 is 1.81 bits per heavy atom. The first-order chi connectivity index (χ1) is 12.3. The van der Waals surface area contributed by atoms with Crippen molar-refractivity contribution in [1.29, 1.82) is 0 Å². The van der Waals surface area contributed by atoms with Crippen LogP contribution in [0.15, 0.2) is 52.3 Å². The summed E-state index contributed by atoms with van der Waals surface area (Å²) in [5.74, 6) is -0.336. The fourth-order valence-corrected chi connectivity index (χ4v) is 3.21. The van der Waals surface area contributed by atoms with Gasteiger partial charge in [-0.15, -0.1) is 0 Å². The van der Waals surface area contributed by atoms with Crippen molar-refractivity contribution in [3.05, 3.63) is 53.1 Å². The predicted octanol–water partition coefficient (Wildman–Crippen LogP) is 2.32. The molecule has 0 radical (unpaired) electrons. The van der Waals surface area contributed by atoms with Gasteiger partial charge in [-0.1, -0.05) is 23.4 Å². The lowest BCUT2D eigenvalue weighted by molar-refractivity contribution is -0.856. The van der Waals surface area contributed by atoms with Crippen molar-refractivity contribution >= 4 is 40.9 Å². The Kier molecular flexibility index (Phi) is 7.50. The normalized spacial score (nSPS) is 10.7. The molecule has 2 rings (SSSR count). The number of rotatable bonds is 7. The van der Waals surface area contributed by atoms with Gasteiger partial charge in [-0.25, -0.2) is 0 Å². The SMILES string of the molecule is CC(=O)Nc1cc(C(=O)NCC[NH+](C)C)ccc1Sc1ccc(Cl)cc1. The second-order valence-electron chi connectivity index (χ2n) is 6.16. The van der Waals surface area contributed by atoms with E-state index < -0.39 is 0 Å². The summed E-state index contributed by atoms with van der Waals surface area (Å²) in [5.41, 5.74) is 1.13. The second-order valence-corrected chi connectivity index (χ2v) is 7.71. The van der Waals surface area contributed by atoms with Crippen LogP contribution in [0.4, 0.5) is 5.69 Å². The highest BCUT2D eigenvalue weighted by Gasteiger charge is 2.12. The average molecular weight is 393 g/mol. The number of amides is 2. The van der Waals surface area contributed by atoms with Gasteiger partial charge in [0.05, 0.1) is 32.9 Å². The lowest BCUT2D eigenvalue weighted by Crippen LogP contribution is -3.06. The summed E-state index contributed by atoms with van der Waals surface area (Å²) in [6.07, 6.45) is 0. The van der Waals surface area contributed by atoms with E-state index in [9.17, 15) is 9.59 Å². The largest absolute Gasteiger partial charge is 0.346 e. The van der Waals surface area contributed by atoms with Crippen LogP contribution in [0.25, 0.3) is 0 Å². The third-order valence-corrected chi connectivity index (χ3v) is 4.84. The van der Waals surface area contributed by atoms with Gasteiger partial charge in [-0.2, -0.15) is 0 Å². The fraction of sp³-hybridized carbons (Fsp3) is 0.263. The molecule has 0 aromatic heterocycles. The van der Waals surface area contributed by atoms with Gasteiger partial charge >= 0.3 is 0 Å². The molecule has 0 bridgehead atoms. The van der Waals surface area contributed by atoms with Gasteiger partial charge in [0.15, 0.2) is 0 Å². The van der Waals surface area contributed by atoms with Crippen LogP contribution >= 0.6 is 23.4 Å². The molecule has 0 fully saturated rings. The molecule has 138 valence electrons. The molecule has 2 amide bonds. The number of benzene rings is 2. The number of carbonyl (C=O) groups excluding carboxylic acids is 2. The van der Waals surface area contributed by atoms with Crippen molar-refractivity contribution in [2.45, 2.75) is 16.7 Å². The zero-order chi connectivity index (χ0) is 19.1. The minimum Gasteiger partial charge on any atom is -0.346 e. The molecule has 0 saturated heterocycles. The van der Waals surface area contributed by atoms with E-state index in [0.29, 0.717) is 22.8 Å². The molecule has 5 nitrogen and oxygen atoms in total. The standard InChI is InChI=1S/C19H22ClN3O2S/c1-13(24)22-17-12-14(19(25)21-10-11-23(2)3)4-9-18(17)26-16-7-5-15(20)6-8-16/h4-9,12H,10-11H2,1-3H3,(H,21,25)(H,22,24)/p+1. The zero-order valence-electron chi connectivity index (χ0n) is 15.1. The number of hydrogen-bond donors (Lipinski definition) is 3. The lowest BCUT2D eigenvalue weighted by atomic mass is 10.2. The molecule has 0 spiro atoms. The van der Waals surface area contributed by atoms with Crippen molar-refractivity contribution in [1.82, 2.24) is 5.32 Å². The molecule has 7 heteroatoms. The Labute approximate surface area is 163 Å². The monoisotopic (exact) mass is 392 g/mol. The van der Waals surface area contributed by atoms with Gasteiger partial charge in [0, 0.05) is 27.3 Å². The lowest BCUT2D eigenvalue weighted by Gasteiger charge is -2.13. The topological polar surface area (TPSA) is 62.6 Å². The molecule has 0 saturated carbocycles. The van der Waals surface area contributed by atoms with Gasteiger partial charge in [0.1, 0.15) is 0 Å². The third kappa shape index (κ3) is 6.37. The Balaban J connectivity index is 2.19. The van der Waals surface area contributed by atoms with Crippen molar-refractivity contribution in [3.63, 3.8) is 0 Å². The first-order valence-corrected chi connectivity index (χ1v) is 9.47. The molecule has 0 aliphatic carbocycles. The van der Waals surface area contributed by atoms with E-state index in [1.165, 1.54) is 23.6 Å². The summed E-state index contributed by atoms with van der Waals surface area (Å²) < 4.78 is 0. The Bertz CT molecular complexity index is 779. The molecule has 0 unspecified atom stereocenters. The highest BCUT2D eigenvalue weighted by atomic mass is 35.5. The van der Waals surface area contributed by atoms with E-state index in [-0.39, 0.29) is 11.8 Å². The minimum absolute atomic E-state index is 0.152. The molecule has 26 heavy (non-hydrogen) atoms. The molecule has 0 heterocycles. The van der Waals surface area contributed by atoms with Gasteiger partial charge in [0.2, 0.25) is 5.91 Å². The number of halogens is 1. The summed E-state index contributed by atoms with van der Waals surface area (Å²) in [6.45, 7) is 2.88. The molecule has 0 aliphatic rings. The number of anilines is 1. The van der Waals surface area contributed by atoms with E-state index in [1.54, 1.807) is 12.1 Å². The Morgan fingerprint density at radius 1 is 1.12 bits per heavy atom. The van der Waals surface area contributed by atoms with Crippen LogP contribution in [0.5, 0.6) is 0 Å². The number of hydrogen-bond acceptors (Lipinski definition) is 3. The van der Waals surface area contributed by atoms with Crippen LogP contribution in [-0.2, 0) is 4.79 Å². The summed E-state index contributed by atoms with van der Waals surface area (Å²) in [5, 5.41) is 6.37. The van der Waals surface area contributed by atoms with Crippen LogP contribution in [0, 0.1) is 0 Å². The van der Waals surface area contributed by atoms with E-state index in [1.807, 2.05) is 44.4 Å². The number of nitrogens with one attached hydrogen (secondary N) is 3. The van der Waals surface area contributed by atoms with Crippen LogP contribution in [0.3, 0.4) is 0 Å². The van der Waals surface area contributed by atoms with Gasteiger partial charge in [0.25, 0.3) is 5.91 Å². The van der Waals surface area contributed by atoms with Crippen molar-refractivity contribution in [2.24, 2.45) is 0 Å². The van der Waals surface area contributed by atoms with Crippen LogP contribution in [-0.4, -0.2) is 39.0 Å². The third-order valence-electron chi connectivity index (χ3n) is 3.50. The highest BCUT2D eigenvalue weighted by molar-refractivity contribution is 7.99. The second kappa shape index (κ2) is 9.62. The highest BCUT2D eigenvalue weighted by Crippen LogP contribution is 2.34. The van der Waals surface area contributed by atoms with Crippen LogP contribution < -0.4 is 15.5 Å². The summed E-state index contributed by atoms with van der Waals surface area (Å²) in [4.78, 5) is 27.0. The van der Waals surface area contributed by atoms with Crippen molar-refractivity contribution < 1.29 is 14.5 Å². The molecule has 2 aromatic rings. The van der Waals surface area contributed by atoms with Gasteiger partial charge in [-0.3, -0.25) is 9.59 Å². The zero-order valence-corrected chi connectivity index (χ0v) is 16.6. The average Bonchev–Trinajstić information content (AvgIpc) is 2.57. The van der Waals surface area contributed by atoms with Crippen LogP contribution in [0.1, 0.15) is 17.3 Å². The Hall–Kier alpha value is -2.02. The predicted molar refractivity (Wildman–Crippen MR) is 106 cm³/mol. The van der Waals surface area contributed by atoms with E-state index in [2.05, 4.69) is 10.6 Å². The molecule has 2 aromatic carbocycles. The summed E-state index contributed by atoms with van der Waals surface area (Å²) in [7, 11) is 4.06.